The van der Waals surface area contributed by atoms with Crippen LogP contribution in [0.4, 0.5) is 0 Å². The first kappa shape index (κ1) is 14.9. The second-order valence-electron chi connectivity index (χ2n) is 5.36. The van der Waals surface area contributed by atoms with Crippen LogP contribution in [0.2, 0.25) is 5.02 Å². The summed E-state index contributed by atoms with van der Waals surface area (Å²) in [5.41, 5.74) is 0.898. The van der Waals surface area contributed by atoms with Gasteiger partial charge in [0.2, 0.25) is 5.91 Å². The van der Waals surface area contributed by atoms with E-state index in [1.807, 2.05) is 18.2 Å². The van der Waals surface area contributed by atoms with Crippen molar-refractivity contribution in [1.82, 2.24) is 5.32 Å². The molecule has 1 aliphatic rings. The van der Waals surface area contributed by atoms with Crippen molar-refractivity contribution in [2.45, 2.75) is 32.2 Å². The van der Waals surface area contributed by atoms with Gasteiger partial charge in [-0.05, 0) is 36.8 Å². The minimum Gasteiger partial charge on any atom is -0.480 e. The summed E-state index contributed by atoms with van der Waals surface area (Å²) in [5, 5.41) is 12.4. The zero-order valence-corrected chi connectivity index (χ0v) is 12.1. The molecule has 1 saturated carbocycles. The Balaban J connectivity index is 1.95. The van der Waals surface area contributed by atoms with Crippen molar-refractivity contribution < 1.29 is 14.7 Å². The number of carbonyl (C=O) groups is 2. The third-order valence-corrected chi connectivity index (χ3v) is 3.96. The van der Waals surface area contributed by atoms with E-state index in [0.717, 1.165) is 18.4 Å². The number of nitrogens with one attached hydrogen (secondary N) is 1. The molecule has 0 heterocycles. The zero-order valence-electron chi connectivity index (χ0n) is 11.3. The Hall–Kier alpha value is -1.55. The minimum atomic E-state index is -0.953. The Morgan fingerprint density at radius 1 is 1.40 bits per heavy atom. The number of halogens is 1. The van der Waals surface area contributed by atoms with Crippen molar-refractivity contribution in [2.24, 2.45) is 11.8 Å². The monoisotopic (exact) mass is 295 g/mol. The van der Waals surface area contributed by atoms with Gasteiger partial charge in [-0.15, -0.1) is 0 Å². The average Bonchev–Trinajstić information content (AvgIpc) is 3.22. The second-order valence-corrected chi connectivity index (χ2v) is 5.77. The van der Waals surface area contributed by atoms with Gasteiger partial charge in [0.15, 0.2) is 0 Å². The number of aliphatic carboxylic acids is 1. The van der Waals surface area contributed by atoms with E-state index in [0.29, 0.717) is 11.4 Å². The Morgan fingerprint density at radius 3 is 2.60 bits per heavy atom. The second kappa shape index (κ2) is 6.27. The van der Waals surface area contributed by atoms with Crippen LogP contribution in [0.1, 0.15) is 25.3 Å². The summed E-state index contributed by atoms with van der Waals surface area (Å²) in [5.74, 6) is -1.41. The van der Waals surface area contributed by atoms with Gasteiger partial charge in [0, 0.05) is 10.9 Å². The molecule has 1 amide bonds. The van der Waals surface area contributed by atoms with E-state index >= 15 is 0 Å². The van der Waals surface area contributed by atoms with Gasteiger partial charge in [-0.1, -0.05) is 36.7 Å². The fourth-order valence-corrected chi connectivity index (χ4v) is 2.41. The van der Waals surface area contributed by atoms with Gasteiger partial charge >= 0.3 is 5.97 Å². The zero-order chi connectivity index (χ0) is 14.7. The molecule has 2 unspecified atom stereocenters. The van der Waals surface area contributed by atoms with Crippen molar-refractivity contribution in [3.8, 4) is 0 Å². The molecule has 2 N–H and O–H groups in total. The normalized spacial score (nSPS) is 17.3. The Morgan fingerprint density at radius 2 is 2.05 bits per heavy atom. The van der Waals surface area contributed by atoms with Crippen molar-refractivity contribution in [2.75, 3.05) is 0 Å². The molecule has 1 aromatic carbocycles. The lowest BCUT2D eigenvalue weighted by Crippen LogP contribution is -2.44. The molecule has 108 valence electrons. The predicted octanol–water partition coefficient (Wildman–Crippen LogP) is 2.50. The summed E-state index contributed by atoms with van der Waals surface area (Å²) in [6.07, 6.45) is 2.24. The maximum atomic E-state index is 12.1. The molecular formula is C15H18ClNO3. The highest BCUT2D eigenvalue weighted by Crippen LogP contribution is 2.33. The van der Waals surface area contributed by atoms with E-state index in [9.17, 15) is 9.59 Å². The first-order valence-corrected chi connectivity index (χ1v) is 7.13. The van der Waals surface area contributed by atoms with Crippen molar-refractivity contribution in [3.63, 3.8) is 0 Å². The molecule has 4 nitrogen and oxygen atoms in total. The van der Waals surface area contributed by atoms with Crippen LogP contribution >= 0.6 is 11.6 Å². The smallest absolute Gasteiger partial charge is 0.326 e. The molecule has 0 radical (unpaired) electrons. The van der Waals surface area contributed by atoms with Crippen LogP contribution < -0.4 is 5.32 Å². The molecule has 0 aromatic heterocycles. The number of carboxylic acid groups (broad SMARTS) is 1. The van der Waals surface area contributed by atoms with Crippen LogP contribution in [-0.4, -0.2) is 23.0 Å². The molecule has 5 heteroatoms. The van der Waals surface area contributed by atoms with Gasteiger partial charge < -0.3 is 10.4 Å². The lowest BCUT2D eigenvalue weighted by Gasteiger charge is -2.17. The van der Waals surface area contributed by atoms with E-state index in [2.05, 4.69) is 5.32 Å². The molecule has 0 saturated heterocycles. The van der Waals surface area contributed by atoms with E-state index in [1.54, 1.807) is 13.0 Å². The van der Waals surface area contributed by atoms with Crippen LogP contribution in [0.3, 0.4) is 0 Å². The maximum absolute atomic E-state index is 12.1. The lowest BCUT2D eigenvalue weighted by molar-refractivity contribution is -0.143. The van der Waals surface area contributed by atoms with Crippen molar-refractivity contribution >= 4 is 23.5 Å². The highest BCUT2D eigenvalue weighted by atomic mass is 35.5. The van der Waals surface area contributed by atoms with Crippen LogP contribution in [0.25, 0.3) is 0 Å². The third-order valence-electron chi connectivity index (χ3n) is 3.59. The van der Waals surface area contributed by atoms with Crippen LogP contribution in [0, 0.1) is 11.8 Å². The molecule has 20 heavy (non-hydrogen) atoms. The molecular weight excluding hydrogens is 278 g/mol. The van der Waals surface area contributed by atoms with Crippen LogP contribution in [-0.2, 0) is 16.0 Å². The molecule has 2 rings (SSSR count). The molecule has 2 atom stereocenters. The standard InChI is InChI=1S/C15H18ClNO3/c1-9(8-11-4-2-3-5-12(11)16)14(18)17-13(15(19)20)10-6-7-10/h2-5,9-10,13H,6-8H2,1H3,(H,17,18)(H,19,20). The number of benzene rings is 1. The fourth-order valence-electron chi connectivity index (χ4n) is 2.19. The van der Waals surface area contributed by atoms with E-state index < -0.39 is 12.0 Å². The summed E-state index contributed by atoms with van der Waals surface area (Å²) in [7, 11) is 0. The average molecular weight is 296 g/mol. The molecule has 1 aliphatic carbocycles. The van der Waals surface area contributed by atoms with Gasteiger partial charge in [0.05, 0.1) is 0 Å². The molecule has 0 aliphatic heterocycles. The molecule has 0 bridgehead atoms. The number of rotatable bonds is 6. The third kappa shape index (κ3) is 3.73. The maximum Gasteiger partial charge on any atom is 0.326 e. The first-order chi connectivity index (χ1) is 9.49. The highest BCUT2D eigenvalue weighted by molar-refractivity contribution is 6.31. The number of carbonyl (C=O) groups excluding carboxylic acids is 1. The number of hydrogen-bond donors (Lipinski definition) is 2. The van der Waals surface area contributed by atoms with Crippen LogP contribution in [0.15, 0.2) is 24.3 Å². The van der Waals surface area contributed by atoms with Gasteiger partial charge in [0.1, 0.15) is 6.04 Å². The predicted molar refractivity (Wildman–Crippen MR) is 76.6 cm³/mol. The van der Waals surface area contributed by atoms with Gasteiger partial charge in [0.25, 0.3) is 0 Å². The number of hydrogen-bond acceptors (Lipinski definition) is 2. The SMILES string of the molecule is CC(Cc1ccccc1Cl)C(=O)NC(C(=O)O)C1CC1. The van der Waals surface area contributed by atoms with Gasteiger partial charge in [-0.3, -0.25) is 4.79 Å². The summed E-state index contributed by atoms with van der Waals surface area (Å²) in [4.78, 5) is 23.2. The first-order valence-electron chi connectivity index (χ1n) is 6.75. The highest BCUT2D eigenvalue weighted by Gasteiger charge is 2.37. The van der Waals surface area contributed by atoms with Gasteiger partial charge in [-0.2, -0.15) is 0 Å². The van der Waals surface area contributed by atoms with E-state index in [-0.39, 0.29) is 17.7 Å². The van der Waals surface area contributed by atoms with Gasteiger partial charge in [-0.25, -0.2) is 4.79 Å². The number of amides is 1. The van der Waals surface area contributed by atoms with Crippen molar-refractivity contribution in [3.05, 3.63) is 34.9 Å². The van der Waals surface area contributed by atoms with Crippen LogP contribution in [0.5, 0.6) is 0 Å². The number of carboxylic acids is 1. The quantitative estimate of drug-likeness (QED) is 0.847. The summed E-state index contributed by atoms with van der Waals surface area (Å²) < 4.78 is 0. The molecule has 1 aromatic rings. The van der Waals surface area contributed by atoms with Crippen molar-refractivity contribution in [1.29, 1.82) is 0 Å². The largest absolute Gasteiger partial charge is 0.480 e. The summed E-state index contributed by atoms with van der Waals surface area (Å²) in [6, 6.07) is 6.62. The Kier molecular flexibility index (Phi) is 4.65. The minimum absolute atomic E-state index is 0.0870. The molecule has 1 fully saturated rings. The summed E-state index contributed by atoms with van der Waals surface area (Å²) in [6.45, 7) is 1.78. The van der Waals surface area contributed by atoms with E-state index in [4.69, 9.17) is 16.7 Å². The fraction of sp³-hybridized carbons (Fsp3) is 0.467. The Labute approximate surface area is 123 Å². The Bertz CT molecular complexity index is 514. The summed E-state index contributed by atoms with van der Waals surface area (Å²) >= 11 is 6.06. The molecule has 0 spiro atoms. The topological polar surface area (TPSA) is 66.4 Å². The lowest BCUT2D eigenvalue weighted by atomic mass is 9.99. The van der Waals surface area contributed by atoms with E-state index in [1.165, 1.54) is 0 Å².